The van der Waals surface area contributed by atoms with Crippen LogP contribution >= 0.6 is 11.8 Å². The van der Waals surface area contributed by atoms with Crippen LogP contribution in [0.15, 0.2) is 29.2 Å². The topological polar surface area (TPSA) is 46.2 Å². The molecule has 3 heteroatoms. The summed E-state index contributed by atoms with van der Waals surface area (Å²) in [4.78, 5) is 1.04. The molecule has 60 valence electrons. The quantitative estimate of drug-likeness (QED) is 0.402. The number of hydrogen-bond donors (Lipinski definition) is 2. The Bertz CT molecular complexity index is 220. The van der Waals surface area contributed by atoms with E-state index in [-0.39, 0.29) is 5.44 Å². The second kappa shape index (κ2) is 3.64. The SMILES string of the molecule is CC(O)Sc1ccc(N)cc1. The van der Waals surface area contributed by atoms with Crippen LogP contribution in [0, 0.1) is 0 Å². The molecule has 2 nitrogen and oxygen atoms in total. The molecule has 1 aromatic carbocycles. The highest BCUT2D eigenvalue weighted by atomic mass is 32.2. The number of benzene rings is 1. The molecule has 0 fully saturated rings. The number of aliphatic hydroxyl groups excluding tert-OH is 1. The van der Waals surface area contributed by atoms with E-state index in [4.69, 9.17) is 10.8 Å². The fourth-order valence-electron chi connectivity index (χ4n) is 0.743. The van der Waals surface area contributed by atoms with Gasteiger partial charge in [0.25, 0.3) is 0 Å². The molecule has 0 heterocycles. The Morgan fingerprint density at radius 1 is 1.36 bits per heavy atom. The minimum Gasteiger partial charge on any atom is -0.399 e. The van der Waals surface area contributed by atoms with Crippen molar-refractivity contribution in [3.63, 3.8) is 0 Å². The molecule has 0 aliphatic carbocycles. The third-order valence-corrected chi connectivity index (χ3v) is 2.07. The van der Waals surface area contributed by atoms with Crippen molar-refractivity contribution < 1.29 is 5.11 Å². The van der Waals surface area contributed by atoms with Crippen molar-refractivity contribution in [2.45, 2.75) is 17.3 Å². The van der Waals surface area contributed by atoms with Crippen LogP contribution < -0.4 is 5.73 Å². The molecular weight excluding hydrogens is 158 g/mol. The summed E-state index contributed by atoms with van der Waals surface area (Å²) in [7, 11) is 0. The molecule has 0 aliphatic rings. The molecule has 0 spiro atoms. The molecular formula is C8H11NOS. The lowest BCUT2D eigenvalue weighted by Crippen LogP contribution is -1.91. The van der Waals surface area contributed by atoms with Crippen molar-refractivity contribution >= 4 is 17.4 Å². The molecule has 0 aliphatic heterocycles. The Morgan fingerprint density at radius 3 is 2.36 bits per heavy atom. The van der Waals surface area contributed by atoms with Crippen LogP contribution in [0.5, 0.6) is 0 Å². The summed E-state index contributed by atoms with van der Waals surface area (Å²) in [5.74, 6) is 0. The summed E-state index contributed by atoms with van der Waals surface area (Å²) >= 11 is 1.41. The Kier molecular flexibility index (Phi) is 2.79. The Labute approximate surface area is 70.4 Å². The maximum Gasteiger partial charge on any atom is 0.101 e. The first-order valence-corrected chi connectivity index (χ1v) is 4.27. The molecule has 1 unspecified atom stereocenters. The zero-order valence-electron chi connectivity index (χ0n) is 6.32. The maximum absolute atomic E-state index is 9.01. The molecule has 0 amide bonds. The summed E-state index contributed by atoms with van der Waals surface area (Å²) in [5, 5.41) is 9.01. The van der Waals surface area contributed by atoms with Gasteiger partial charge in [-0.1, -0.05) is 11.8 Å². The van der Waals surface area contributed by atoms with Crippen LogP contribution in [0.3, 0.4) is 0 Å². The molecule has 0 aromatic heterocycles. The van der Waals surface area contributed by atoms with E-state index in [0.717, 1.165) is 10.6 Å². The van der Waals surface area contributed by atoms with Crippen LogP contribution in [-0.2, 0) is 0 Å². The van der Waals surface area contributed by atoms with E-state index in [1.807, 2.05) is 24.3 Å². The molecule has 1 rings (SSSR count). The maximum atomic E-state index is 9.01. The van der Waals surface area contributed by atoms with Gasteiger partial charge in [0.1, 0.15) is 5.44 Å². The number of aliphatic hydroxyl groups is 1. The first-order chi connectivity index (χ1) is 5.18. The lowest BCUT2D eigenvalue weighted by atomic mass is 10.3. The van der Waals surface area contributed by atoms with Crippen molar-refractivity contribution in [3.05, 3.63) is 24.3 Å². The van der Waals surface area contributed by atoms with Crippen molar-refractivity contribution in [1.29, 1.82) is 0 Å². The van der Waals surface area contributed by atoms with Crippen molar-refractivity contribution in [2.75, 3.05) is 5.73 Å². The average Bonchev–Trinajstić information content (AvgIpc) is 1.93. The van der Waals surface area contributed by atoms with Gasteiger partial charge in [-0.05, 0) is 31.2 Å². The summed E-state index contributed by atoms with van der Waals surface area (Å²) in [5.41, 5.74) is 5.87. The van der Waals surface area contributed by atoms with E-state index in [1.54, 1.807) is 6.92 Å². The Balaban J connectivity index is 2.66. The average molecular weight is 169 g/mol. The first-order valence-electron chi connectivity index (χ1n) is 3.39. The van der Waals surface area contributed by atoms with Gasteiger partial charge < -0.3 is 10.8 Å². The number of anilines is 1. The number of nitrogens with two attached hydrogens (primary N) is 1. The van der Waals surface area contributed by atoms with E-state index < -0.39 is 0 Å². The van der Waals surface area contributed by atoms with Crippen LogP contribution in [0.1, 0.15) is 6.92 Å². The van der Waals surface area contributed by atoms with Gasteiger partial charge in [0, 0.05) is 10.6 Å². The van der Waals surface area contributed by atoms with Crippen molar-refractivity contribution in [2.24, 2.45) is 0 Å². The summed E-state index contributed by atoms with van der Waals surface area (Å²) in [6.07, 6.45) is 0. The van der Waals surface area contributed by atoms with Gasteiger partial charge >= 0.3 is 0 Å². The largest absolute Gasteiger partial charge is 0.399 e. The molecule has 0 saturated carbocycles. The minimum absolute atomic E-state index is 0.362. The fraction of sp³-hybridized carbons (Fsp3) is 0.250. The Morgan fingerprint density at radius 2 is 1.91 bits per heavy atom. The van der Waals surface area contributed by atoms with Crippen LogP contribution in [0.4, 0.5) is 5.69 Å². The fourth-order valence-corrected chi connectivity index (χ4v) is 1.43. The predicted molar refractivity (Wildman–Crippen MR) is 48.4 cm³/mol. The second-order valence-electron chi connectivity index (χ2n) is 2.29. The van der Waals surface area contributed by atoms with Gasteiger partial charge in [-0.3, -0.25) is 0 Å². The lowest BCUT2D eigenvalue weighted by Gasteiger charge is -2.03. The number of nitrogen functional groups attached to an aromatic ring is 1. The van der Waals surface area contributed by atoms with Crippen molar-refractivity contribution in [1.82, 2.24) is 0 Å². The van der Waals surface area contributed by atoms with Gasteiger partial charge in [0.05, 0.1) is 0 Å². The highest BCUT2D eigenvalue weighted by Crippen LogP contribution is 2.21. The third-order valence-electron chi connectivity index (χ3n) is 1.19. The smallest absolute Gasteiger partial charge is 0.101 e. The summed E-state index contributed by atoms with van der Waals surface area (Å²) in [6, 6.07) is 7.44. The molecule has 0 bridgehead atoms. The summed E-state index contributed by atoms with van der Waals surface area (Å²) < 4.78 is 0. The van der Waals surface area contributed by atoms with Gasteiger partial charge in [0.2, 0.25) is 0 Å². The van der Waals surface area contributed by atoms with Gasteiger partial charge in [-0.2, -0.15) is 0 Å². The number of thioether (sulfide) groups is 1. The van der Waals surface area contributed by atoms with Crippen LogP contribution in [0.25, 0.3) is 0 Å². The zero-order chi connectivity index (χ0) is 8.27. The predicted octanol–water partition coefficient (Wildman–Crippen LogP) is 1.70. The molecule has 11 heavy (non-hydrogen) atoms. The van der Waals surface area contributed by atoms with Gasteiger partial charge in [-0.15, -0.1) is 0 Å². The standard InChI is InChI=1S/C8H11NOS/c1-6(10)11-8-4-2-7(9)3-5-8/h2-6,10H,9H2,1H3. The normalized spacial score (nSPS) is 12.9. The van der Waals surface area contributed by atoms with E-state index >= 15 is 0 Å². The lowest BCUT2D eigenvalue weighted by molar-refractivity contribution is 0.284. The van der Waals surface area contributed by atoms with E-state index in [0.29, 0.717) is 0 Å². The first kappa shape index (κ1) is 8.43. The Hall–Kier alpha value is -0.670. The molecule has 1 atom stereocenters. The number of rotatable bonds is 2. The monoisotopic (exact) mass is 169 g/mol. The second-order valence-corrected chi connectivity index (χ2v) is 3.68. The van der Waals surface area contributed by atoms with Crippen LogP contribution in [0.2, 0.25) is 0 Å². The van der Waals surface area contributed by atoms with Crippen LogP contribution in [-0.4, -0.2) is 10.5 Å². The van der Waals surface area contributed by atoms with E-state index in [1.165, 1.54) is 11.8 Å². The molecule has 0 radical (unpaired) electrons. The summed E-state index contributed by atoms with van der Waals surface area (Å²) in [6.45, 7) is 1.74. The molecule has 1 aromatic rings. The van der Waals surface area contributed by atoms with Gasteiger partial charge in [-0.25, -0.2) is 0 Å². The zero-order valence-corrected chi connectivity index (χ0v) is 7.14. The highest BCUT2D eigenvalue weighted by Gasteiger charge is 1.97. The van der Waals surface area contributed by atoms with Gasteiger partial charge in [0.15, 0.2) is 0 Å². The number of hydrogen-bond acceptors (Lipinski definition) is 3. The molecule has 3 N–H and O–H groups in total. The third kappa shape index (κ3) is 2.82. The highest BCUT2D eigenvalue weighted by molar-refractivity contribution is 7.99. The van der Waals surface area contributed by atoms with E-state index in [2.05, 4.69) is 0 Å². The van der Waals surface area contributed by atoms with E-state index in [9.17, 15) is 0 Å². The molecule has 0 saturated heterocycles. The minimum atomic E-state index is -0.362. The van der Waals surface area contributed by atoms with Crippen molar-refractivity contribution in [3.8, 4) is 0 Å².